The molecule has 7 heterocycles. The number of halogens is 2. The molecule has 5 aliphatic heterocycles. The number of pyridine rings is 1. The highest BCUT2D eigenvalue weighted by Gasteiger charge is 2.50. The maximum absolute atomic E-state index is 14.8. The molecule has 1 spiro atoms. The highest BCUT2D eigenvalue weighted by Crippen LogP contribution is 2.54. The van der Waals surface area contributed by atoms with Crippen molar-refractivity contribution >= 4 is 55.4 Å². The number of benzene rings is 4. The molecular weight excluding hydrogens is 1050 g/mol. The number of carbonyl (C=O) groups excluding carboxylic acids is 1. The first-order valence-electron chi connectivity index (χ1n) is 27.9. The number of anilines is 4. The van der Waals surface area contributed by atoms with E-state index in [-0.39, 0.29) is 47.4 Å². The van der Waals surface area contributed by atoms with Gasteiger partial charge < -0.3 is 39.0 Å². The van der Waals surface area contributed by atoms with E-state index >= 15 is 0 Å². The van der Waals surface area contributed by atoms with Gasteiger partial charge in [-0.3, -0.25) is 24.7 Å². The molecule has 4 aromatic carbocycles. The summed E-state index contributed by atoms with van der Waals surface area (Å²) in [6.07, 6.45) is 7.43. The van der Waals surface area contributed by atoms with Crippen LogP contribution in [0, 0.1) is 33.1 Å². The minimum absolute atomic E-state index is 0.0162. The van der Waals surface area contributed by atoms with Gasteiger partial charge in [0.1, 0.15) is 28.9 Å². The molecule has 2 aromatic heterocycles. The van der Waals surface area contributed by atoms with Gasteiger partial charge in [0, 0.05) is 101 Å². The number of rotatable bonds is 15. The van der Waals surface area contributed by atoms with Gasteiger partial charge in [-0.25, -0.2) is 21.9 Å². The second-order valence-electron chi connectivity index (χ2n) is 22.7. The lowest BCUT2D eigenvalue weighted by atomic mass is 9.59. The third-order valence-electron chi connectivity index (χ3n) is 17.2. The number of hydrogen-bond acceptors (Lipinski definition) is 15. The largest absolute Gasteiger partial charge is 0.491 e. The zero-order chi connectivity index (χ0) is 55.3. The molecule has 12 rings (SSSR count). The molecule has 3 N–H and O–H groups in total. The van der Waals surface area contributed by atoms with E-state index in [2.05, 4.69) is 46.8 Å². The van der Waals surface area contributed by atoms with Crippen molar-refractivity contribution in [1.82, 2.24) is 24.5 Å². The van der Waals surface area contributed by atoms with Gasteiger partial charge in [-0.1, -0.05) is 24.3 Å². The molecule has 1 aliphatic carbocycles. The number of nitro groups is 1. The topological polar surface area (TPSA) is 197 Å². The Morgan fingerprint density at radius 3 is 2.50 bits per heavy atom. The van der Waals surface area contributed by atoms with Crippen molar-refractivity contribution in [3.8, 4) is 11.6 Å². The number of piperidine rings is 1. The van der Waals surface area contributed by atoms with Crippen LogP contribution < -0.4 is 29.3 Å². The SMILES string of the molecule is CC(C)Oc1ccccc1[C@@H]1CN(Cc2ccc(F)c(F)c2)CCN1C1CC2(CCN(c3ccc(C(=O)NS(=O)(=O)c4ccc(NCC5CCOCC5)c([N+](=O)[O-])c4)c(N4c5cc6cc[nH]c6nc5O[C@H]5COCC[C@@H]54)c3)CC2)C1. The molecule has 0 radical (unpaired) electrons. The number of hydrogen-bond donors (Lipinski definition) is 3. The average Bonchev–Trinajstić information content (AvgIpc) is 3.98. The highest BCUT2D eigenvalue weighted by molar-refractivity contribution is 7.90. The number of nitrogens with zero attached hydrogens (tertiary/aromatic N) is 6. The molecule has 80 heavy (non-hydrogen) atoms. The van der Waals surface area contributed by atoms with E-state index in [1.165, 1.54) is 24.3 Å². The Labute approximate surface area is 463 Å². The monoisotopic (exact) mass is 1120 g/mol. The summed E-state index contributed by atoms with van der Waals surface area (Å²) in [4.78, 5) is 43.5. The van der Waals surface area contributed by atoms with Crippen molar-refractivity contribution in [2.24, 2.45) is 11.3 Å². The van der Waals surface area contributed by atoms with Crippen LogP contribution in [0.15, 0.2) is 102 Å². The van der Waals surface area contributed by atoms with Gasteiger partial charge in [0.15, 0.2) is 11.6 Å². The number of nitrogens with one attached hydrogen (secondary N) is 3. The fraction of sp³-hybridized carbons (Fsp3) is 0.458. The van der Waals surface area contributed by atoms with Crippen LogP contribution in [-0.4, -0.2) is 129 Å². The number of amides is 1. The molecule has 1 saturated carbocycles. The molecule has 18 nitrogen and oxygen atoms in total. The summed E-state index contributed by atoms with van der Waals surface area (Å²) in [5, 5.41) is 16.3. The van der Waals surface area contributed by atoms with Crippen molar-refractivity contribution in [3.05, 3.63) is 136 Å². The number of ether oxygens (including phenoxy) is 4. The number of aromatic nitrogens is 2. The lowest BCUT2D eigenvalue weighted by Gasteiger charge is -2.58. The summed E-state index contributed by atoms with van der Waals surface area (Å²) in [5.74, 6) is -1.15. The normalized spacial score (nSPS) is 21.9. The molecule has 6 aromatic rings. The average molecular weight is 1120 g/mol. The highest BCUT2D eigenvalue weighted by atomic mass is 32.2. The zero-order valence-corrected chi connectivity index (χ0v) is 45.8. The van der Waals surface area contributed by atoms with Crippen molar-refractivity contribution in [2.45, 2.75) is 101 Å². The second-order valence-corrected chi connectivity index (χ2v) is 24.4. The first kappa shape index (κ1) is 53.7. The summed E-state index contributed by atoms with van der Waals surface area (Å²) in [5.41, 5.74) is 4.41. The van der Waals surface area contributed by atoms with Gasteiger partial charge in [0.25, 0.3) is 21.6 Å². The van der Waals surface area contributed by atoms with Crippen molar-refractivity contribution in [1.29, 1.82) is 0 Å². The van der Waals surface area contributed by atoms with Crippen molar-refractivity contribution in [3.63, 3.8) is 0 Å². The lowest BCUT2D eigenvalue weighted by Crippen LogP contribution is -2.59. The summed E-state index contributed by atoms with van der Waals surface area (Å²) < 4.78 is 83.3. The van der Waals surface area contributed by atoms with E-state index in [0.29, 0.717) is 74.8 Å². The van der Waals surface area contributed by atoms with E-state index in [4.69, 9.17) is 23.9 Å². The first-order valence-corrected chi connectivity index (χ1v) is 29.4. The zero-order valence-electron chi connectivity index (χ0n) is 45.0. The van der Waals surface area contributed by atoms with Gasteiger partial charge in [-0.05, 0) is 136 Å². The third-order valence-corrected chi connectivity index (χ3v) is 18.6. The van der Waals surface area contributed by atoms with E-state index < -0.39 is 49.2 Å². The molecule has 1 amide bonds. The van der Waals surface area contributed by atoms with Gasteiger partial charge in [-0.2, -0.15) is 4.98 Å². The fourth-order valence-electron chi connectivity index (χ4n) is 13.0. The summed E-state index contributed by atoms with van der Waals surface area (Å²) in [6.45, 7) is 10.8. The maximum atomic E-state index is 14.8. The number of para-hydroxylation sites is 1. The summed E-state index contributed by atoms with van der Waals surface area (Å²) in [6, 6.07) is 25.5. The minimum Gasteiger partial charge on any atom is -0.491 e. The predicted octanol–water partition coefficient (Wildman–Crippen LogP) is 9.49. The molecule has 0 bridgehead atoms. The predicted molar refractivity (Wildman–Crippen MR) is 298 cm³/mol. The molecule has 6 aliphatic rings. The van der Waals surface area contributed by atoms with E-state index in [1.807, 2.05) is 50.2 Å². The van der Waals surface area contributed by atoms with Gasteiger partial charge in [0.05, 0.1) is 45.9 Å². The van der Waals surface area contributed by atoms with Crippen LogP contribution in [0.1, 0.15) is 86.3 Å². The quantitative estimate of drug-likeness (QED) is 0.0649. The Hall–Kier alpha value is -6.91. The first-order chi connectivity index (χ1) is 38.7. The van der Waals surface area contributed by atoms with Gasteiger partial charge in [0.2, 0.25) is 5.88 Å². The molecule has 422 valence electrons. The lowest BCUT2D eigenvalue weighted by molar-refractivity contribution is -0.384. The van der Waals surface area contributed by atoms with Crippen LogP contribution in [0.25, 0.3) is 11.0 Å². The number of nitro benzene ring substituents is 1. The van der Waals surface area contributed by atoms with Crippen molar-refractivity contribution < 1.29 is 45.9 Å². The number of fused-ring (bicyclic) bond motifs is 3. The van der Waals surface area contributed by atoms with Gasteiger partial charge >= 0.3 is 0 Å². The van der Waals surface area contributed by atoms with E-state index in [1.54, 1.807) is 18.3 Å². The Morgan fingerprint density at radius 2 is 1.71 bits per heavy atom. The van der Waals surface area contributed by atoms with E-state index in [0.717, 1.165) is 98.7 Å². The Kier molecular flexibility index (Phi) is 14.9. The third kappa shape index (κ3) is 10.9. The molecule has 4 saturated heterocycles. The standard InChI is InChI=1S/C59H67F2N9O9S/c1-37(2)78-54-6-4-3-5-44(54)53-35-66(34-39-7-11-46(60)47(61)27-39)22-23-68(53)42-31-59(32-42)17-20-67(21-18-59)41-8-10-45(50(29-41)69-49-16-26-77-36-55(49)79-58-52(69)28-40-13-19-62-56(40)64-58)57(71)65-80(74,75)43-9-12-48(51(30-43)70(72)73)63-33-38-14-24-76-25-15-38/h3-13,19,27-30,37-38,42,49,53,55,63H,14-18,20-26,31-36H2,1-2H3,(H,62,64)(H,65,71)/t49-,53-,55-/m0/s1. The Morgan fingerprint density at radius 1 is 0.912 bits per heavy atom. The van der Waals surface area contributed by atoms with Crippen LogP contribution in [0.5, 0.6) is 11.6 Å². The van der Waals surface area contributed by atoms with Crippen LogP contribution in [0.2, 0.25) is 0 Å². The molecule has 21 heteroatoms. The van der Waals surface area contributed by atoms with Crippen LogP contribution >= 0.6 is 0 Å². The smallest absolute Gasteiger partial charge is 0.293 e. The van der Waals surface area contributed by atoms with Crippen LogP contribution in [0.3, 0.4) is 0 Å². The molecule has 3 atom stereocenters. The number of sulfonamides is 1. The van der Waals surface area contributed by atoms with E-state index in [9.17, 15) is 32.1 Å². The Bertz CT molecular complexity index is 3400. The molecule has 5 fully saturated rings. The minimum atomic E-state index is -4.64. The number of piperazine rings is 1. The number of H-pyrrole nitrogens is 1. The van der Waals surface area contributed by atoms with Crippen LogP contribution in [-0.2, 0) is 26.0 Å². The second kappa shape index (κ2) is 22.2. The maximum Gasteiger partial charge on any atom is 0.293 e. The van der Waals surface area contributed by atoms with Crippen LogP contribution in [0.4, 0.5) is 37.2 Å². The summed E-state index contributed by atoms with van der Waals surface area (Å²) >= 11 is 0. The summed E-state index contributed by atoms with van der Waals surface area (Å²) in [7, 11) is -4.64. The Balaban J connectivity index is 0.805. The van der Waals surface area contributed by atoms with Gasteiger partial charge in [-0.15, -0.1) is 0 Å². The molecule has 0 unspecified atom stereocenters. The van der Waals surface area contributed by atoms with Crippen molar-refractivity contribution in [2.75, 3.05) is 80.8 Å². The number of carbonyl (C=O) groups is 1. The number of aromatic amines is 1. The molecular formula is C59H67F2N9O9S. The fourth-order valence-corrected chi connectivity index (χ4v) is 14.0.